The van der Waals surface area contributed by atoms with Crippen molar-refractivity contribution in [3.63, 3.8) is 0 Å². The third-order valence-electron chi connectivity index (χ3n) is 3.49. The molecule has 1 atom stereocenters. The van der Waals surface area contributed by atoms with Crippen LogP contribution in [0, 0.1) is 13.8 Å². The van der Waals surface area contributed by atoms with Gasteiger partial charge in [-0.1, -0.05) is 25.1 Å². The maximum absolute atomic E-state index is 5.61. The molecule has 0 radical (unpaired) electrons. The summed E-state index contributed by atoms with van der Waals surface area (Å²) in [5.74, 6) is 0. The number of benzene rings is 1. The first-order chi connectivity index (χ1) is 7.92. The molecule has 0 aliphatic heterocycles. The maximum atomic E-state index is 5.61. The summed E-state index contributed by atoms with van der Waals surface area (Å²) in [5.41, 5.74) is 3.75. The van der Waals surface area contributed by atoms with Crippen molar-refractivity contribution in [1.29, 1.82) is 0 Å². The summed E-state index contributed by atoms with van der Waals surface area (Å²) in [7, 11) is 1.77. The van der Waals surface area contributed by atoms with E-state index < -0.39 is 0 Å². The minimum Gasteiger partial charge on any atom is -0.377 e. The molecule has 2 nitrogen and oxygen atoms in total. The van der Waals surface area contributed by atoms with E-state index in [9.17, 15) is 0 Å². The van der Waals surface area contributed by atoms with Crippen LogP contribution < -0.4 is 5.32 Å². The summed E-state index contributed by atoms with van der Waals surface area (Å²) in [6.07, 6.45) is 0. The predicted octanol–water partition coefficient (Wildman–Crippen LogP) is 3.38. The van der Waals surface area contributed by atoms with Crippen LogP contribution in [0.1, 0.15) is 43.5 Å². The Morgan fingerprint density at radius 3 is 2.35 bits per heavy atom. The standard InChI is InChI=1S/C15H25NO/c1-7-16-14(15(4,5)17-6)13-9-8-11(2)12(3)10-13/h8-10,14,16H,7H2,1-6H3. The predicted molar refractivity (Wildman–Crippen MR) is 73.4 cm³/mol. The topological polar surface area (TPSA) is 21.3 Å². The summed E-state index contributed by atoms with van der Waals surface area (Å²) in [6, 6.07) is 6.84. The first kappa shape index (κ1) is 14.2. The summed E-state index contributed by atoms with van der Waals surface area (Å²) in [6.45, 7) is 11.6. The van der Waals surface area contributed by atoms with Gasteiger partial charge in [-0.05, 0) is 50.9 Å². The Hall–Kier alpha value is -0.860. The normalized spacial score (nSPS) is 13.8. The van der Waals surface area contributed by atoms with Crippen molar-refractivity contribution >= 4 is 0 Å². The lowest BCUT2D eigenvalue weighted by Gasteiger charge is -2.34. The lowest BCUT2D eigenvalue weighted by atomic mass is 9.90. The smallest absolute Gasteiger partial charge is 0.0816 e. The van der Waals surface area contributed by atoms with Crippen molar-refractivity contribution in [2.45, 2.75) is 46.3 Å². The maximum Gasteiger partial charge on any atom is 0.0816 e. The van der Waals surface area contributed by atoms with Crippen LogP contribution in [0.4, 0.5) is 0 Å². The molecule has 0 spiro atoms. The van der Waals surface area contributed by atoms with Gasteiger partial charge in [-0.3, -0.25) is 0 Å². The average Bonchev–Trinajstić information content (AvgIpc) is 2.29. The Bertz CT molecular complexity index is 371. The van der Waals surface area contributed by atoms with Gasteiger partial charge >= 0.3 is 0 Å². The van der Waals surface area contributed by atoms with Gasteiger partial charge < -0.3 is 10.1 Å². The molecular formula is C15H25NO. The van der Waals surface area contributed by atoms with Crippen LogP contribution in [-0.2, 0) is 4.74 Å². The minimum atomic E-state index is -0.211. The second-order valence-corrected chi connectivity index (χ2v) is 5.14. The molecular weight excluding hydrogens is 210 g/mol. The molecule has 0 amide bonds. The Morgan fingerprint density at radius 1 is 1.24 bits per heavy atom. The number of nitrogens with one attached hydrogen (secondary N) is 1. The van der Waals surface area contributed by atoms with Crippen LogP contribution in [0.15, 0.2) is 18.2 Å². The summed E-state index contributed by atoms with van der Waals surface area (Å²) in [5, 5.41) is 3.51. The Balaban J connectivity index is 3.09. The molecule has 0 aromatic heterocycles. The van der Waals surface area contributed by atoms with E-state index >= 15 is 0 Å². The lowest BCUT2D eigenvalue weighted by Crippen LogP contribution is -2.40. The highest BCUT2D eigenvalue weighted by atomic mass is 16.5. The minimum absolute atomic E-state index is 0.211. The van der Waals surface area contributed by atoms with E-state index in [1.165, 1.54) is 16.7 Å². The highest BCUT2D eigenvalue weighted by Gasteiger charge is 2.30. The molecule has 1 rings (SSSR count). The first-order valence-corrected chi connectivity index (χ1v) is 6.28. The summed E-state index contributed by atoms with van der Waals surface area (Å²) < 4.78 is 5.61. The average molecular weight is 235 g/mol. The fourth-order valence-electron chi connectivity index (χ4n) is 2.03. The van der Waals surface area contributed by atoms with Gasteiger partial charge in [-0.25, -0.2) is 0 Å². The molecule has 1 aromatic rings. The highest BCUT2D eigenvalue weighted by Crippen LogP contribution is 2.29. The number of aryl methyl sites for hydroxylation is 2. The molecule has 2 heteroatoms. The highest BCUT2D eigenvalue weighted by molar-refractivity contribution is 5.32. The zero-order chi connectivity index (χ0) is 13.1. The van der Waals surface area contributed by atoms with E-state index in [-0.39, 0.29) is 11.6 Å². The SMILES string of the molecule is CCNC(c1ccc(C)c(C)c1)C(C)(C)OC. The van der Waals surface area contributed by atoms with E-state index in [4.69, 9.17) is 4.74 Å². The number of rotatable bonds is 5. The van der Waals surface area contributed by atoms with Crippen molar-refractivity contribution in [1.82, 2.24) is 5.32 Å². The van der Waals surface area contributed by atoms with E-state index in [0.717, 1.165) is 6.54 Å². The Labute approximate surface area is 105 Å². The zero-order valence-electron chi connectivity index (χ0n) is 11.9. The lowest BCUT2D eigenvalue weighted by molar-refractivity contribution is -0.0107. The largest absolute Gasteiger partial charge is 0.377 e. The van der Waals surface area contributed by atoms with E-state index in [1.807, 2.05) is 0 Å². The van der Waals surface area contributed by atoms with Gasteiger partial charge in [0.15, 0.2) is 0 Å². The third kappa shape index (κ3) is 3.30. The molecule has 0 bridgehead atoms. The van der Waals surface area contributed by atoms with E-state index in [1.54, 1.807) is 7.11 Å². The summed E-state index contributed by atoms with van der Waals surface area (Å²) >= 11 is 0. The molecule has 0 saturated carbocycles. The molecule has 1 unspecified atom stereocenters. The van der Waals surface area contributed by atoms with Crippen LogP contribution in [0.2, 0.25) is 0 Å². The monoisotopic (exact) mass is 235 g/mol. The van der Waals surface area contributed by atoms with Gasteiger partial charge in [-0.15, -0.1) is 0 Å². The van der Waals surface area contributed by atoms with Crippen molar-refractivity contribution in [3.05, 3.63) is 34.9 Å². The number of hydrogen-bond acceptors (Lipinski definition) is 2. The number of likely N-dealkylation sites (N-methyl/N-ethyl adjacent to an activating group) is 1. The van der Waals surface area contributed by atoms with Crippen LogP contribution in [0.25, 0.3) is 0 Å². The van der Waals surface area contributed by atoms with Crippen molar-refractivity contribution in [2.24, 2.45) is 0 Å². The fraction of sp³-hybridized carbons (Fsp3) is 0.600. The van der Waals surface area contributed by atoms with Crippen LogP contribution in [0.3, 0.4) is 0 Å². The molecule has 1 aromatic carbocycles. The number of methoxy groups -OCH3 is 1. The quantitative estimate of drug-likeness (QED) is 0.844. The van der Waals surface area contributed by atoms with Crippen LogP contribution in [-0.4, -0.2) is 19.3 Å². The Kier molecular flexibility index (Phi) is 4.72. The molecule has 0 fully saturated rings. The van der Waals surface area contributed by atoms with Gasteiger partial charge in [-0.2, -0.15) is 0 Å². The molecule has 0 aliphatic rings. The van der Waals surface area contributed by atoms with Gasteiger partial charge in [0, 0.05) is 7.11 Å². The Morgan fingerprint density at radius 2 is 1.88 bits per heavy atom. The first-order valence-electron chi connectivity index (χ1n) is 6.28. The van der Waals surface area contributed by atoms with Crippen LogP contribution >= 0.6 is 0 Å². The van der Waals surface area contributed by atoms with Gasteiger partial charge in [0.2, 0.25) is 0 Å². The second kappa shape index (κ2) is 5.65. The van der Waals surface area contributed by atoms with Crippen molar-refractivity contribution in [3.8, 4) is 0 Å². The molecule has 1 N–H and O–H groups in total. The number of ether oxygens (including phenoxy) is 1. The number of hydrogen-bond donors (Lipinski definition) is 1. The van der Waals surface area contributed by atoms with Gasteiger partial charge in [0.05, 0.1) is 11.6 Å². The fourth-order valence-corrected chi connectivity index (χ4v) is 2.03. The van der Waals surface area contributed by atoms with Crippen molar-refractivity contribution in [2.75, 3.05) is 13.7 Å². The molecule has 96 valence electrons. The van der Waals surface area contributed by atoms with Crippen molar-refractivity contribution < 1.29 is 4.74 Å². The molecule has 17 heavy (non-hydrogen) atoms. The third-order valence-corrected chi connectivity index (χ3v) is 3.49. The molecule has 0 saturated heterocycles. The molecule has 0 aliphatic carbocycles. The van der Waals surface area contributed by atoms with Gasteiger partial charge in [0.25, 0.3) is 0 Å². The zero-order valence-corrected chi connectivity index (χ0v) is 11.9. The summed E-state index contributed by atoms with van der Waals surface area (Å²) in [4.78, 5) is 0. The van der Waals surface area contributed by atoms with E-state index in [2.05, 4.69) is 58.1 Å². The van der Waals surface area contributed by atoms with Gasteiger partial charge in [0.1, 0.15) is 0 Å². The van der Waals surface area contributed by atoms with Crippen LogP contribution in [0.5, 0.6) is 0 Å². The molecule has 0 heterocycles. The second-order valence-electron chi connectivity index (χ2n) is 5.14. The van der Waals surface area contributed by atoms with E-state index in [0.29, 0.717) is 0 Å².